The van der Waals surface area contributed by atoms with Gasteiger partial charge in [-0.1, -0.05) is 39.7 Å². The van der Waals surface area contributed by atoms with Gasteiger partial charge in [-0.25, -0.2) is 0 Å². The van der Waals surface area contributed by atoms with Crippen LogP contribution in [0.25, 0.3) is 0 Å². The van der Waals surface area contributed by atoms with Gasteiger partial charge in [0.2, 0.25) is 0 Å². The van der Waals surface area contributed by atoms with Crippen molar-refractivity contribution in [2.75, 3.05) is 5.32 Å². The quantitative estimate of drug-likeness (QED) is 0.704. The van der Waals surface area contributed by atoms with Gasteiger partial charge >= 0.3 is 0 Å². The highest BCUT2D eigenvalue weighted by molar-refractivity contribution is 9.10. The first-order chi connectivity index (χ1) is 9.88. The van der Waals surface area contributed by atoms with Crippen molar-refractivity contribution in [3.05, 3.63) is 57.0 Å². The molecule has 4 nitrogen and oxygen atoms in total. The molecule has 0 atom stereocenters. The summed E-state index contributed by atoms with van der Waals surface area (Å²) < 4.78 is 0.764. The number of amides is 1. The monoisotopic (exact) mass is 384 g/mol. The van der Waals surface area contributed by atoms with Crippen molar-refractivity contribution in [3.63, 3.8) is 0 Å². The maximum Gasteiger partial charge on any atom is 0.257 e. The lowest BCUT2D eigenvalue weighted by molar-refractivity contribution is 0.102. The maximum absolute atomic E-state index is 12.3. The number of nitrogens with one attached hydrogen (secondary N) is 1. The summed E-state index contributed by atoms with van der Waals surface area (Å²) in [5.74, 6) is -0.514. The van der Waals surface area contributed by atoms with Gasteiger partial charge in [0.25, 0.3) is 5.91 Å². The second-order valence-corrected chi connectivity index (χ2v) is 5.94. The topological polar surface area (TPSA) is 75.3 Å². The van der Waals surface area contributed by atoms with Gasteiger partial charge in [-0.2, -0.15) is 0 Å². The molecule has 0 saturated carbocycles. The van der Waals surface area contributed by atoms with E-state index in [1.807, 2.05) is 0 Å². The van der Waals surface area contributed by atoms with Gasteiger partial charge in [0, 0.05) is 10.0 Å². The molecule has 0 radical (unpaired) electrons. The van der Waals surface area contributed by atoms with Crippen molar-refractivity contribution in [2.45, 2.75) is 0 Å². The van der Waals surface area contributed by atoms with Crippen LogP contribution in [0.3, 0.4) is 0 Å². The minimum atomic E-state index is -0.466. The molecule has 2 aromatic rings. The minimum Gasteiger partial charge on any atom is -0.508 e. The maximum atomic E-state index is 12.3. The molecule has 0 aromatic heterocycles. The SMILES string of the molecule is NC(=S)c1ccc(Br)cc1NC(=O)c1cc(O)ccc1Cl. The van der Waals surface area contributed by atoms with E-state index in [0.29, 0.717) is 11.3 Å². The molecule has 2 rings (SSSR count). The van der Waals surface area contributed by atoms with Crippen LogP contribution in [0.5, 0.6) is 5.75 Å². The van der Waals surface area contributed by atoms with Gasteiger partial charge in [0.05, 0.1) is 16.3 Å². The van der Waals surface area contributed by atoms with Crippen molar-refractivity contribution in [3.8, 4) is 5.75 Å². The average Bonchev–Trinajstić information content (AvgIpc) is 2.41. The smallest absolute Gasteiger partial charge is 0.257 e. The van der Waals surface area contributed by atoms with E-state index >= 15 is 0 Å². The molecule has 108 valence electrons. The zero-order valence-corrected chi connectivity index (χ0v) is 13.7. The van der Waals surface area contributed by atoms with Crippen LogP contribution in [0.1, 0.15) is 15.9 Å². The first kappa shape index (κ1) is 15.8. The predicted octanol–water partition coefficient (Wildman–Crippen LogP) is 3.69. The summed E-state index contributed by atoms with van der Waals surface area (Å²) in [5, 5.41) is 12.4. The van der Waals surface area contributed by atoms with E-state index in [0.717, 1.165) is 4.47 Å². The number of halogens is 2. The fourth-order valence-electron chi connectivity index (χ4n) is 1.71. The van der Waals surface area contributed by atoms with Crippen LogP contribution in [0, 0.1) is 0 Å². The first-order valence-corrected chi connectivity index (χ1v) is 7.35. The van der Waals surface area contributed by atoms with E-state index in [9.17, 15) is 9.90 Å². The number of carbonyl (C=O) groups excluding carboxylic acids is 1. The third kappa shape index (κ3) is 3.72. The Morgan fingerprint density at radius 1 is 1.24 bits per heavy atom. The molecule has 0 fully saturated rings. The van der Waals surface area contributed by atoms with Gasteiger partial charge in [-0.15, -0.1) is 0 Å². The molecular formula is C14H10BrClN2O2S. The number of thiocarbonyl (C=S) groups is 1. The lowest BCUT2D eigenvalue weighted by atomic mass is 10.1. The van der Waals surface area contributed by atoms with Crippen LogP contribution >= 0.6 is 39.7 Å². The van der Waals surface area contributed by atoms with Crippen LogP contribution in [-0.4, -0.2) is 16.0 Å². The highest BCUT2D eigenvalue weighted by Crippen LogP contribution is 2.25. The number of carbonyl (C=O) groups is 1. The summed E-state index contributed by atoms with van der Waals surface area (Å²) in [7, 11) is 0. The molecule has 2 aromatic carbocycles. The summed E-state index contributed by atoms with van der Waals surface area (Å²) in [6.07, 6.45) is 0. The number of nitrogens with two attached hydrogens (primary N) is 1. The van der Waals surface area contributed by atoms with Gasteiger partial charge in [0.1, 0.15) is 10.7 Å². The molecule has 7 heteroatoms. The van der Waals surface area contributed by atoms with Gasteiger partial charge < -0.3 is 16.2 Å². The molecule has 0 aliphatic carbocycles. The van der Waals surface area contributed by atoms with E-state index in [4.69, 9.17) is 29.6 Å². The summed E-state index contributed by atoms with van der Waals surface area (Å²) in [5.41, 5.74) is 6.79. The number of phenolic OH excluding ortho intramolecular Hbond substituents is 1. The molecule has 0 heterocycles. The van der Waals surface area contributed by atoms with Crippen molar-refractivity contribution in [2.24, 2.45) is 5.73 Å². The van der Waals surface area contributed by atoms with E-state index in [1.54, 1.807) is 18.2 Å². The van der Waals surface area contributed by atoms with Crippen molar-refractivity contribution in [1.82, 2.24) is 0 Å². The number of rotatable bonds is 3. The van der Waals surface area contributed by atoms with Crippen LogP contribution in [-0.2, 0) is 0 Å². The average molecular weight is 386 g/mol. The molecule has 0 spiro atoms. The minimum absolute atomic E-state index is 0.0478. The normalized spacial score (nSPS) is 10.2. The highest BCUT2D eigenvalue weighted by Gasteiger charge is 2.14. The standard InChI is InChI=1S/C14H10BrClN2O2S/c15-7-1-3-9(13(17)21)12(5-7)18-14(20)10-6-8(19)2-4-11(10)16/h1-6,19H,(H2,17,21)(H,18,20). The number of phenols is 1. The molecule has 4 N–H and O–H groups in total. The third-order valence-electron chi connectivity index (χ3n) is 2.69. The van der Waals surface area contributed by atoms with Crippen LogP contribution in [0.15, 0.2) is 40.9 Å². The number of benzene rings is 2. The van der Waals surface area contributed by atoms with Crippen LogP contribution < -0.4 is 11.1 Å². The molecular weight excluding hydrogens is 376 g/mol. The Kier molecular flexibility index (Phi) is 4.82. The Balaban J connectivity index is 2.38. The lowest BCUT2D eigenvalue weighted by Gasteiger charge is -2.11. The zero-order valence-electron chi connectivity index (χ0n) is 10.6. The van der Waals surface area contributed by atoms with Crippen LogP contribution in [0.2, 0.25) is 5.02 Å². The molecule has 1 amide bonds. The Hall–Kier alpha value is -1.63. The van der Waals surface area contributed by atoms with E-state index in [1.165, 1.54) is 18.2 Å². The fourth-order valence-corrected chi connectivity index (χ4v) is 2.45. The summed E-state index contributed by atoms with van der Waals surface area (Å²) in [6, 6.07) is 9.29. The molecule has 0 aliphatic rings. The first-order valence-electron chi connectivity index (χ1n) is 5.77. The summed E-state index contributed by atoms with van der Waals surface area (Å²) in [4.78, 5) is 12.4. The highest BCUT2D eigenvalue weighted by atomic mass is 79.9. The number of hydrogen-bond acceptors (Lipinski definition) is 3. The van der Waals surface area contributed by atoms with E-state index in [-0.39, 0.29) is 21.3 Å². The Morgan fingerprint density at radius 3 is 2.62 bits per heavy atom. The summed E-state index contributed by atoms with van der Waals surface area (Å²) in [6.45, 7) is 0. The van der Waals surface area contributed by atoms with Crippen molar-refractivity contribution < 1.29 is 9.90 Å². The molecule has 0 saturated heterocycles. The number of anilines is 1. The molecule has 21 heavy (non-hydrogen) atoms. The molecule has 0 unspecified atom stereocenters. The Morgan fingerprint density at radius 2 is 1.95 bits per heavy atom. The van der Waals surface area contributed by atoms with Crippen LogP contribution in [0.4, 0.5) is 5.69 Å². The largest absolute Gasteiger partial charge is 0.508 e. The third-order valence-corrected chi connectivity index (χ3v) is 3.73. The lowest BCUT2D eigenvalue weighted by Crippen LogP contribution is -2.18. The van der Waals surface area contributed by atoms with Gasteiger partial charge in [-0.3, -0.25) is 4.79 Å². The zero-order chi connectivity index (χ0) is 15.6. The number of hydrogen-bond donors (Lipinski definition) is 3. The molecule has 0 bridgehead atoms. The number of aromatic hydroxyl groups is 1. The Bertz CT molecular complexity index is 737. The predicted molar refractivity (Wildman–Crippen MR) is 91.1 cm³/mol. The second kappa shape index (κ2) is 6.43. The Labute approximate surface area is 140 Å². The molecule has 0 aliphatic heterocycles. The second-order valence-electron chi connectivity index (χ2n) is 4.17. The fraction of sp³-hybridized carbons (Fsp3) is 0. The van der Waals surface area contributed by atoms with Gasteiger partial charge in [-0.05, 0) is 36.4 Å². The van der Waals surface area contributed by atoms with Gasteiger partial charge in [0.15, 0.2) is 0 Å². The van der Waals surface area contributed by atoms with Crippen molar-refractivity contribution in [1.29, 1.82) is 0 Å². The summed E-state index contributed by atoms with van der Waals surface area (Å²) >= 11 is 14.2. The van der Waals surface area contributed by atoms with E-state index in [2.05, 4.69) is 21.2 Å². The van der Waals surface area contributed by atoms with Crippen molar-refractivity contribution >= 4 is 56.3 Å². The van der Waals surface area contributed by atoms with E-state index < -0.39 is 5.91 Å².